The molecule has 1 aliphatic carbocycles. The molecule has 1 saturated carbocycles. The second kappa shape index (κ2) is 6.06. The number of carbonyl (C=O) groups is 1. The monoisotopic (exact) mass is 288 g/mol. The number of carbonyl (C=O) groups excluding carboxylic acids is 1. The fourth-order valence-corrected chi connectivity index (χ4v) is 2.89. The van der Waals surface area contributed by atoms with Crippen LogP contribution in [0.4, 0.5) is 5.69 Å². The quantitative estimate of drug-likeness (QED) is 0.924. The van der Waals surface area contributed by atoms with Crippen molar-refractivity contribution in [2.24, 2.45) is 11.8 Å². The van der Waals surface area contributed by atoms with Crippen LogP contribution in [0.25, 0.3) is 0 Å². The van der Waals surface area contributed by atoms with Crippen LogP contribution in [0.15, 0.2) is 24.3 Å². The second-order valence-electron chi connectivity index (χ2n) is 6.24. The first-order valence-corrected chi connectivity index (χ1v) is 7.88. The lowest BCUT2D eigenvalue weighted by atomic mass is 10.1. The molecule has 1 aliphatic heterocycles. The number of amides is 1. The van der Waals surface area contributed by atoms with E-state index in [4.69, 9.17) is 4.74 Å². The second-order valence-corrected chi connectivity index (χ2v) is 6.24. The Bertz CT molecular complexity index is 494. The average Bonchev–Trinajstić information content (AvgIpc) is 3.25. The minimum Gasteiger partial charge on any atom is -0.378 e. The molecule has 114 valence electrons. The van der Waals surface area contributed by atoms with Crippen LogP contribution in [0, 0.1) is 11.8 Å². The minimum atomic E-state index is 0.0732. The molecule has 1 heterocycles. The zero-order valence-electron chi connectivity index (χ0n) is 12.8. The van der Waals surface area contributed by atoms with Gasteiger partial charge in [0.25, 0.3) is 0 Å². The zero-order valence-corrected chi connectivity index (χ0v) is 12.8. The number of ether oxygens (including phenoxy) is 1. The van der Waals surface area contributed by atoms with Gasteiger partial charge in [0.05, 0.1) is 19.3 Å². The van der Waals surface area contributed by atoms with Gasteiger partial charge in [0.15, 0.2) is 0 Å². The van der Waals surface area contributed by atoms with Gasteiger partial charge >= 0.3 is 0 Å². The summed E-state index contributed by atoms with van der Waals surface area (Å²) in [4.78, 5) is 14.3. The highest BCUT2D eigenvalue weighted by molar-refractivity contribution is 5.81. The van der Waals surface area contributed by atoms with Crippen LogP contribution in [-0.4, -0.2) is 32.2 Å². The molecule has 0 aromatic heterocycles. The zero-order chi connectivity index (χ0) is 14.8. The molecule has 4 nitrogen and oxygen atoms in total. The molecule has 21 heavy (non-hydrogen) atoms. The van der Waals surface area contributed by atoms with Gasteiger partial charge in [0.1, 0.15) is 0 Å². The summed E-state index contributed by atoms with van der Waals surface area (Å²) >= 11 is 0. The number of nitrogens with zero attached hydrogens (tertiary/aromatic N) is 1. The molecule has 1 aromatic rings. The van der Waals surface area contributed by atoms with Gasteiger partial charge in [-0.25, -0.2) is 0 Å². The molecule has 0 unspecified atom stereocenters. The predicted octanol–water partition coefficient (Wildman–Crippen LogP) is 2.36. The lowest BCUT2D eigenvalue weighted by molar-refractivity contribution is -0.123. The highest BCUT2D eigenvalue weighted by Gasteiger charge is 2.39. The summed E-state index contributed by atoms with van der Waals surface area (Å²) in [5.41, 5.74) is 2.39. The molecule has 3 atom stereocenters. The maximum Gasteiger partial charge on any atom is 0.223 e. The van der Waals surface area contributed by atoms with Crippen LogP contribution in [0.2, 0.25) is 0 Å². The molecule has 1 N–H and O–H groups in total. The molecular weight excluding hydrogens is 264 g/mol. The Hall–Kier alpha value is -1.55. The van der Waals surface area contributed by atoms with Gasteiger partial charge in [-0.3, -0.25) is 4.79 Å². The summed E-state index contributed by atoms with van der Waals surface area (Å²) < 4.78 is 5.37. The number of benzene rings is 1. The smallest absolute Gasteiger partial charge is 0.223 e. The van der Waals surface area contributed by atoms with Gasteiger partial charge in [0, 0.05) is 24.7 Å². The fourth-order valence-electron chi connectivity index (χ4n) is 2.89. The molecule has 3 rings (SSSR count). The molecule has 1 aromatic carbocycles. The van der Waals surface area contributed by atoms with Crippen molar-refractivity contribution in [3.8, 4) is 0 Å². The third kappa shape index (κ3) is 3.38. The van der Waals surface area contributed by atoms with Gasteiger partial charge in [0.2, 0.25) is 5.91 Å². The van der Waals surface area contributed by atoms with Crippen molar-refractivity contribution in [1.29, 1.82) is 0 Å². The first-order valence-electron chi connectivity index (χ1n) is 7.88. The first-order chi connectivity index (χ1) is 10.1. The van der Waals surface area contributed by atoms with Gasteiger partial charge in [-0.15, -0.1) is 0 Å². The van der Waals surface area contributed by atoms with Crippen LogP contribution in [0.5, 0.6) is 0 Å². The van der Waals surface area contributed by atoms with Gasteiger partial charge in [-0.05, 0) is 37.0 Å². The van der Waals surface area contributed by atoms with Crippen molar-refractivity contribution >= 4 is 11.6 Å². The van der Waals surface area contributed by atoms with Crippen LogP contribution in [-0.2, 0) is 9.53 Å². The SMILES string of the molecule is C[C@H](NC(=O)[C@@H]1C[C@@H]1C)c1ccc(N2CCOCC2)cc1. The predicted molar refractivity (Wildman–Crippen MR) is 83.3 cm³/mol. The summed E-state index contributed by atoms with van der Waals surface area (Å²) in [7, 11) is 0. The molecular formula is C17H24N2O2. The molecule has 0 bridgehead atoms. The lowest BCUT2D eigenvalue weighted by Crippen LogP contribution is -2.36. The van der Waals surface area contributed by atoms with Crippen LogP contribution >= 0.6 is 0 Å². The summed E-state index contributed by atoms with van der Waals surface area (Å²) in [6, 6.07) is 8.59. The van der Waals surface area contributed by atoms with Crippen LogP contribution in [0.3, 0.4) is 0 Å². The van der Waals surface area contributed by atoms with E-state index >= 15 is 0 Å². The Morgan fingerprint density at radius 3 is 2.48 bits per heavy atom. The average molecular weight is 288 g/mol. The summed E-state index contributed by atoms with van der Waals surface area (Å²) in [6.45, 7) is 7.68. The number of morpholine rings is 1. The van der Waals surface area contributed by atoms with Crippen molar-refractivity contribution in [3.63, 3.8) is 0 Å². The van der Waals surface area contributed by atoms with E-state index in [0.29, 0.717) is 5.92 Å². The van der Waals surface area contributed by atoms with Gasteiger partial charge in [-0.2, -0.15) is 0 Å². The van der Waals surface area contributed by atoms with Crippen LogP contribution < -0.4 is 10.2 Å². The molecule has 1 amide bonds. The maximum absolute atomic E-state index is 12.0. The Morgan fingerprint density at radius 2 is 1.90 bits per heavy atom. The van der Waals surface area contributed by atoms with E-state index in [1.54, 1.807) is 0 Å². The third-order valence-corrected chi connectivity index (χ3v) is 4.57. The summed E-state index contributed by atoms with van der Waals surface area (Å²) in [5.74, 6) is 0.994. The summed E-state index contributed by atoms with van der Waals surface area (Å²) in [6.07, 6.45) is 1.04. The largest absolute Gasteiger partial charge is 0.378 e. The van der Waals surface area contributed by atoms with E-state index in [2.05, 4.69) is 48.3 Å². The maximum atomic E-state index is 12.0. The molecule has 4 heteroatoms. The third-order valence-electron chi connectivity index (χ3n) is 4.57. The first kappa shape index (κ1) is 14.4. The van der Waals surface area contributed by atoms with Crippen molar-refractivity contribution in [3.05, 3.63) is 29.8 Å². The topological polar surface area (TPSA) is 41.6 Å². The highest BCUT2D eigenvalue weighted by atomic mass is 16.5. The molecule has 1 saturated heterocycles. The van der Waals surface area contributed by atoms with Crippen molar-refractivity contribution in [2.75, 3.05) is 31.2 Å². The Balaban J connectivity index is 1.59. The number of anilines is 1. The minimum absolute atomic E-state index is 0.0732. The van der Waals surface area contributed by atoms with Gasteiger partial charge < -0.3 is 15.0 Å². The Labute approximate surface area is 126 Å². The number of rotatable bonds is 4. The van der Waals surface area contributed by atoms with Crippen molar-refractivity contribution in [2.45, 2.75) is 26.3 Å². The Kier molecular flexibility index (Phi) is 4.15. The number of hydrogen-bond acceptors (Lipinski definition) is 3. The molecule has 2 aliphatic rings. The van der Waals surface area contributed by atoms with E-state index in [1.165, 1.54) is 5.69 Å². The molecule has 0 spiro atoms. The number of hydrogen-bond donors (Lipinski definition) is 1. The lowest BCUT2D eigenvalue weighted by Gasteiger charge is -2.29. The van der Waals surface area contributed by atoms with E-state index < -0.39 is 0 Å². The molecule has 0 radical (unpaired) electrons. The van der Waals surface area contributed by atoms with Crippen molar-refractivity contribution < 1.29 is 9.53 Å². The fraction of sp³-hybridized carbons (Fsp3) is 0.588. The number of nitrogens with one attached hydrogen (secondary N) is 1. The van der Waals surface area contributed by atoms with Gasteiger partial charge in [-0.1, -0.05) is 19.1 Å². The van der Waals surface area contributed by atoms with Crippen molar-refractivity contribution in [1.82, 2.24) is 5.32 Å². The highest BCUT2D eigenvalue weighted by Crippen LogP contribution is 2.38. The molecule has 2 fully saturated rings. The normalized spacial score (nSPS) is 26.3. The van der Waals surface area contributed by atoms with E-state index in [9.17, 15) is 4.79 Å². The standard InChI is InChI=1S/C17H24N2O2/c1-12-11-16(12)17(20)18-13(2)14-3-5-15(6-4-14)19-7-9-21-10-8-19/h3-6,12-13,16H,7-11H2,1-2H3,(H,18,20)/t12-,13-,16+/m0/s1. The summed E-state index contributed by atoms with van der Waals surface area (Å²) in [5, 5.41) is 3.11. The van der Waals surface area contributed by atoms with E-state index in [0.717, 1.165) is 38.3 Å². The Morgan fingerprint density at radius 1 is 1.29 bits per heavy atom. The van der Waals surface area contributed by atoms with E-state index in [-0.39, 0.29) is 17.9 Å². The van der Waals surface area contributed by atoms with E-state index in [1.807, 2.05) is 0 Å². The van der Waals surface area contributed by atoms with Crippen LogP contribution in [0.1, 0.15) is 31.9 Å².